The summed E-state index contributed by atoms with van der Waals surface area (Å²) in [6.45, 7) is 8.38. The van der Waals surface area contributed by atoms with Gasteiger partial charge in [0, 0.05) is 66.4 Å². The molecule has 2 N–H and O–H groups in total. The predicted molar refractivity (Wildman–Crippen MR) is 137 cm³/mol. The highest BCUT2D eigenvalue weighted by Gasteiger charge is 2.27. The zero-order valence-corrected chi connectivity index (χ0v) is 20.3. The summed E-state index contributed by atoms with van der Waals surface area (Å²) in [6, 6.07) is 9.48. The molecule has 34 heavy (non-hydrogen) atoms. The van der Waals surface area contributed by atoms with Gasteiger partial charge in [-0.05, 0) is 57.9 Å². The summed E-state index contributed by atoms with van der Waals surface area (Å²) in [6.07, 6.45) is 5.53. The van der Waals surface area contributed by atoms with Crippen molar-refractivity contribution in [3.63, 3.8) is 0 Å². The quantitative estimate of drug-likeness (QED) is 0.467. The molecule has 0 radical (unpaired) electrons. The van der Waals surface area contributed by atoms with E-state index in [2.05, 4.69) is 47.4 Å². The Balaban J connectivity index is 1.50. The first-order chi connectivity index (χ1) is 16.4. The van der Waals surface area contributed by atoms with Crippen LogP contribution in [0.1, 0.15) is 50.3 Å². The number of aryl methyl sites for hydroxylation is 2. The van der Waals surface area contributed by atoms with Crippen LogP contribution in [0.15, 0.2) is 30.5 Å². The third-order valence-electron chi connectivity index (χ3n) is 7.49. The molecule has 0 amide bonds. The standard InChI is InChI=1S/C27H32N6O/c1-15-12-33(13-16(2)28-15)20-8-9-23-21(11-20)25(18-6-5-7-18)30-27(29-23)22-10-19-14-32(4)31-24(19)17(3)26(22)34/h8-11,14-16,18,28,34H,5-7,12-13H2,1-4H3. The number of aromatic hydroxyl groups is 1. The Morgan fingerprint density at radius 2 is 1.82 bits per heavy atom. The zero-order valence-electron chi connectivity index (χ0n) is 20.3. The van der Waals surface area contributed by atoms with Crippen LogP contribution in [0.5, 0.6) is 5.75 Å². The minimum atomic E-state index is 0.213. The summed E-state index contributed by atoms with van der Waals surface area (Å²) in [4.78, 5) is 12.5. The molecule has 2 aromatic heterocycles. The third-order valence-corrected chi connectivity index (χ3v) is 7.49. The van der Waals surface area contributed by atoms with Gasteiger partial charge in [-0.1, -0.05) is 6.42 Å². The molecule has 2 unspecified atom stereocenters. The number of hydrogen-bond acceptors (Lipinski definition) is 6. The first kappa shape index (κ1) is 21.4. The molecule has 7 heteroatoms. The average molecular weight is 457 g/mol. The number of aromatic nitrogens is 4. The molecule has 3 heterocycles. The molecule has 176 valence electrons. The van der Waals surface area contributed by atoms with Crippen LogP contribution < -0.4 is 10.2 Å². The van der Waals surface area contributed by atoms with E-state index < -0.39 is 0 Å². The monoisotopic (exact) mass is 456 g/mol. The normalized spacial score (nSPS) is 21.4. The SMILES string of the molecule is Cc1c(O)c(-c2nc(C3CCC3)c3cc(N4CC(C)NC(C)C4)ccc3n2)cc2cn(C)nc12. The van der Waals surface area contributed by atoms with E-state index in [9.17, 15) is 5.11 Å². The minimum absolute atomic E-state index is 0.213. The lowest BCUT2D eigenvalue weighted by Gasteiger charge is -2.38. The van der Waals surface area contributed by atoms with E-state index in [0.29, 0.717) is 29.4 Å². The second-order valence-corrected chi connectivity index (χ2v) is 10.3. The molecule has 1 saturated heterocycles. The van der Waals surface area contributed by atoms with Gasteiger partial charge in [0.05, 0.1) is 22.3 Å². The van der Waals surface area contributed by atoms with Crippen LogP contribution in [0.4, 0.5) is 5.69 Å². The first-order valence-electron chi connectivity index (χ1n) is 12.4. The van der Waals surface area contributed by atoms with Gasteiger partial charge in [0.25, 0.3) is 0 Å². The molecule has 1 aliphatic carbocycles. The third kappa shape index (κ3) is 3.50. The van der Waals surface area contributed by atoms with E-state index in [1.807, 2.05) is 26.2 Å². The fraction of sp³-hybridized carbons (Fsp3) is 0.444. The molecule has 0 bridgehead atoms. The van der Waals surface area contributed by atoms with Crippen molar-refractivity contribution in [3.05, 3.63) is 41.7 Å². The van der Waals surface area contributed by atoms with E-state index in [4.69, 9.17) is 9.97 Å². The molecule has 0 spiro atoms. The summed E-state index contributed by atoms with van der Waals surface area (Å²) in [5, 5.41) is 21.3. The molecule has 2 fully saturated rings. The summed E-state index contributed by atoms with van der Waals surface area (Å²) in [5.41, 5.74) is 5.55. The van der Waals surface area contributed by atoms with Gasteiger partial charge in [0.2, 0.25) is 0 Å². The van der Waals surface area contributed by atoms with Crippen molar-refractivity contribution in [1.82, 2.24) is 25.1 Å². The Bertz CT molecular complexity index is 1400. The number of fused-ring (bicyclic) bond motifs is 2. The van der Waals surface area contributed by atoms with Gasteiger partial charge in [0.1, 0.15) is 5.75 Å². The number of nitrogens with one attached hydrogen (secondary N) is 1. The van der Waals surface area contributed by atoms with Crippen molar-refractivity contribution in [2.45, 2.75) is 58.0 Å². The van der Waals surface area contributed by atoms with Crippen LogP contribution in [-0.2, 0) is 7.05 Å². The van der Waals surface area contributed by atoms with Crippen molar-refractivity contribution in [2.75, 3.05) is 18.0 Å². The van der Waals surface area contributed by atoms with Gasteiger partial charge in [-0.15, -0.1) is 0 Å². The second kappa shape index (κ2) is 7.94. The minimum Gasteiger partial charge on any atom is -0.507 e. The van der Waals surface area contributed by atoms with Crippen molar-refractivity contribution < 1.29 is 5.11 Å². The van der Waals surface area contributed by atoms with E-state index in [1.54, 1.807) is 4.68 Å². The zero-order chi connectivity index (χ0) is 23.6. The highest BCUT2D eigenvalue weighted by molar-refractivity contribution is 5.92. The lowest BCUT2D eigenvalue weighted by Crippen LogP contribution is -2.54. The van der Waals surface area contributed by atoms with E-state index in [1.165, 1.54) is 12.1 Å². The smallest absolute Gasteiger partial charge is 0.163 e. The lowest BCUT2D eigenvalue weighted by atomic mass is 9.81. The number of piperazine rings is 1. The molecule has 1 aliphatic heterocycles. The largest absolute Gasteiger partial charge is 0.507 e. The topological polar surface area (TPSA) is 79.1 Å². The fourth-order valence-corrected chi connectivity index (χ4v) is 5.60. The summed E-state index contributed by atoms with van der Waals surface area (Å²) < 4.78 is 1.78. The Morgan fingerprint density at radius 3 is 2.53 bits per heavy atom. The van der Waals surface area contributed by atoms with Crippen LogP contribution in [0.2, 0.25) is 0 Å². The molecular formula is C27H32N6O. The summed E-state index contributed by atoms with van der Waals surface area (Å²) in [5.74, 6) is 1.26. The Hall–Kier alpha value is -3.19. The predicted octanol–water partition coefficient (Wildman–Crippen LogP) is 4.65. The van der Waals surface area contributed by atoms with Crippen LogP contribution >= 0.6 is 0 Å². The Morgan fingerprint density at radius 1 is 1.06 bits per heavy atom. The summed E-state index contributed by atoms with van der Waals surface area (Å²) >= 11 is 0. The number of rotatable bonds is 3. The molecule has 4 aromatic rings. The number of anilines is 1. The maximum atomic E-state index is 11.1. The highest BCUT2D eigenvalue weighted by Crippen LogP contribution is 2.42. The second-order valence-electron chi connectivity index (χ2n) is 10.3. The lowest BCUT2D eigenvalue weighted by molar-refractivity contribution is 0.407. The summed E-state index contributed by atoms with van der Waals surface area (Å²) in [7, 11) is 1.90. The van der Waals surface area contributed by atoms with Gasteiger partial charge in [-0.3, -0.25) is 4.68 Å². The van der Waals surface area contributed by atoms with Crippen molar-refractivity contribution in [1.29, 1.82) is 0 Å². The number of hydrogen-bond donors (Lipinski definition) is 2. The van der Waals surface area contributed by atoms with Gasteiger partial charge in [-0.25, -0.2) is 9.97 Å². The van der Waals surface area contributed by atoms with Crippen LogP contribution in [0, 0.1) is 6.92 Å². The Kier molecular flexibility index (Phi) is 4.99. The molecule has 2 aromatic carbocycles. The van der Waals surface area contributed by atoms with Crippen molar-refractivity contribution in [2.24, 2.45) is 7.05 Å². The average Bonchev–Trinajstić information content (AvgIpc) is 3.14. The van der Waals surface area contributed by atoms with E-state index in [-0.39, 0.29) is 5.75 Å². The van der Waals surface area contributed by atoms with Crippen molar-refractivity contribution >= 4 is 27.5 Å². The molecular weight excluding hydrogens is 424 g/mol. The molecule has 7 nitrogen and oxygen atoms in total. The molecule has 2 atom stereocenters. The van der Waals surface area contributed by atoms with E-state index >= 15 is 0 Å². The first-order valence-corrected chi connectivity index (χ1v) is 12.4. The van der Waals surface area contributed by atoms with Gasteiger partial charge >= 0.3 is 0 Å². The number of benzene rings is 2. The van der Waals surface area contributed by atoms with E-state index in [0.717, 1.165) is 59.0 Å². The van der Waals surface area contributed by atoms with Gasteiger partial charge in [0.15, 0.2) is 5.82 Å². The van der Waals surface area contributed by atoms with Crippen LogP contribution in [0.3, 0.4) is 0 Å². The fourth-order valence-electron chi connectivity index (χ4n) is 5.60. The van der Waals surface area contributed by atoms with Crippen molar-refractivity contribution in [3.8, 4) is 17.1 Å². The van der Waals surface area contributed by atoms with Gasteiger partial charge in [-0.2, -0.15) is 5.10 Å². The highest BCUT2D eigenvalue weighted by atomic mass is 16.3. The number of phenolic OH excluding ortho intramolecular Hbond substituents is 1. The molecule has 1 saturated carbocycles. The molecule has 6 rings (SSSR count). The van der Waals surface area contributed by atoms with Crippen LogP contribution in [0.25, 0.3) is 33.2 Å². The van der Waals surface area contributed by atoms with Crippen LogP contribution in [-0.4, -0.2) is 50.0 Å². The maximum Gasteiger partial charge on any atom is 0.163 e. The Labute approximate surface area is 199 Å². The number of phenols is 1. The van der Waals surface area contributed by atoms with Gasteiger partial charge < -0.3 is 15.3 Å². The maximum absolute atomic E-state index is 11.1. The molecule has 2 aliphatic rings. The number of nitrogens with zero attached hydrogens (tertiary/aromatic N) is 5.